The quantitative estimate of drug-likeness (QED) is 0.696. The van der Waals surface area contributed by atoms with Crippen molar-refractivity contribution >= 4 is 5.91 Å². The highest BCUT2D eigenvalue weighted by molar-refractivity contribution is 5.92. The predicted octanol–water partition coefficient (Wildman–Crippen LogP) is 3.24. The van der Waals surface area contributed by atoms with Gasteiger partial charge < -0.3 is 18.9 Å². The first kappa shape index (κ1) is 19.5. The van der Waals surface area contributed by atoms with Gasteiger partial charge in [0.15, 0.2) is 5.82 Å². The van der Waals surface area contributed by atoms with Crippen molar-refractivity contribution in [3.63, 3.8) is 0 Å². The summed E-state index contributed by atoms with van der Waals surface area (Å²) in [5, 5.41) is 4.10. The SMILES string of the molecule is COCCc1noc(C2C[C@H]3CC[C@@H](C2)N3C(=O)C2(c3ccc(OC)cc3)CC2)n1. The second kappa shape index (κ2) is 7.69. The minimum Gasteiger partial charge on any atom is -0.497 e. The number of benzene rings is 1. The van der Waals surface area contributed by atoms with Crippen LogP contribution in [0.3, 0.4) is 0 Å². The summed E-state index contributed by atoms with van der Waals surface area (Å²) in [5.41, 5.74) is 0.784. The number of rotatable bonds is 7. The Labute approximate surface area is 176 Å². The number of piperidine rings is 1. The Morgan fingerprint density at radius 1 is 1.17 bits per heavy atom. The first-order chi connectivity index (χ1) is 14.6. The molecule has 2 aliphatic heterocycles. The lowest BCUT2D eigenvalue weighted by Crippen LogP contribution is -2.50. The van der Waals surface area contributed by atoms with Crippen molar-refractivity contribution < 1.29 is 18.8 Å². The minimum absolute atomic E-state index is 0.242. The van der Waals surface area contributed by atoms with Gasteiger partial charge in [-0.2, -0.15) is 4.98 Å². The zero-order chi connectivity index (χ0) is 20.7. The number of methoxy groups -OCH3 is 2. The number of fused-ring (bicyclic) bond motifs is 2. The van der Waals surface area contributed by atoms with Gasteiger partial charge in [-0.05, 0) is 56.2 Å². The third-order valence-corrected chi connectivity index (χ3v) is 7.13. The van der Waals surface area contributed by atoms with Crippen LogP contribution >= 0.6 is 0 Å². The standard InChI is InChI=1S/C23H29N3O4/c1-28-12-9-20-24-21(30-25-20)15-13-17-5-6-18(14-15)26(17)22(27)23(10-11-23)16-3-7-19(29-2)8-4-16/h3-4,7-8,15,17-18H,5-6,9-14H2,1-2H3/t15?,17-,18+. The van der Waals surface area contributed by atoms with Gasteiger partial charge in [0, 0.05) is 31.5 Å². The van der Waals surface area contributed by atoms with Crippen LogP contribution in [-0.2, 0) is 21.4 Å². The van der Waals surface area contributed by atoms with E-state index in [1.165, 1.54) is 0 Å². The van der Waals surface area contributed by atoms with Crippen molar-refractivity contribution in [3.8, 4) is 5.75 Å². The third kappa shape index (κ3) is 3.29. The number of carbonyl (C=O) groups excluding carboxylic acids is 1. The summed E-state index contributed by atoms with van der Waals surface area (Å²) in [6.45, 7) is 0.588. The van der Waals surface area contributed by atoms with Crippen molar-refractivity contribution in [1.29, 1.82) is 0 Å². The highest BCUT2D eigenvalue weighted by Crippen LogP contribution is 2.53. The van der Waals surface area contributed by atoms with Crippen LogP contribution in [0.5, 0.6) is 5.75 Å². The topological polar surface area (TPSA) is 77.7 Å². The molecular weight excluding hydrogens is 382 g/mol. The maximum absolute atomic E-state index is 13.7. The van der Waals surface area contributed by atoms with E-state index < -0.39 is 0 Å². The van der Waals surface area contributed by atoms with E-state index in [2.05, 4.69) is 27.2 Å². The zero-order valence-electron chi connectivity index (χ0n) is 17.7. The average Bonchev–Trinajstić information content (AvgIpc) is 3.38. The molecule has 3 heterocycles. The van der Waals surface area contributed by atoms with Gasteiger partial charge in [-0.3, -0.25) is 4.79 Å². The fourth-order valence-electron chi connectivity index (χ4n) is 5.35. The summed E-state index contributed by atoms with van der Waals surface area (Å²) >= 11 is 0. The fraction of sp³-hybridized carbons (Fsp3) is 0.609. The van der Waals surface area contributed by atoms with Crippen LogP contribution in [0.15, 0.2) is 28.8 Å². The first-order valence-electron chi connectivity index (χ1n) is 10.9. The summed E-state index contributed by atoms with van der Waals surface area (Å²) in [6, 6.07) is 8.56. The molecule has 30 heavy (non-hydrogen) atoms. The third-order valence-electron chi connectivity index (χ3n) is 7.13. The van der Waals surface area contributed by atoms with Crippen LogP contribution in [0.1, 0.15) is 61.7 Å². The molecule has 1 amide bonds. The van der Waals surface area contributed by atoms with Gasteiger partial charge in [0.05, 0.1) is 19.1 Å². The van der Waals surface area contributed by atoms with Gasteiger partial charge in [-0.25, -0.2) is 0 Å². The number of hydrogen-bond acceptors (Lipinski definition) is 6. The summed E-state index contributed by atoms with van der Waals surface area (Å²) in [6.07, 6.45) is 6.48. The molecule has 5 rings (SSSR count). The van der Waals surface area contributed by atoms with Crippen LogP contribution in [0.25, 0.3) is 0 Å². The van der Waals surface area contributed by atoms with Crippen molar-refractivity contribution in [2.75, 3.05) is 20.8 Å². The van der Waals surface area contributed by atoms with Crippen molar-refractivity contribution in [2.24, 2.45) is 0 Å². The summed E-state index contributed by atoms with van der Waals surface area (Å²) in [4.78, 5) is 20.5. The second-order valence-corrected chi connectivity index (χ2v) is 8.87. The van der Waals surface area contributed by atoms with Crippen molar-refractivity contribution in [1.82, 2.24) is 15.0 Å². The number of amides is 1. The Bertz CT molecular complexity index is 891. The van der Waals surface area contributed by atoms with Crippen LogP contribution in [0.4, 0.5) is 0 Å². The van der Waals surface area contributed by atoms with Gasteiger partial charge in [0.1, 0.15) is 5.75 Å². The van der Waals surface area contributed by atoms with E-state index in [1.807, 2.05) is 12.1 Å². The monoisotopic (exact) mass is 411 g/mol. The number of ether oxygens (including phenoxy) is 2. The van der Waals surface area contributed by atoms with Crippen LogP contribution in [0.2, 0.25) is 0 Å². The van der Waals surface area contributed by atoms with Crippen LogP contribution in [-0.4, -0.2) is 53.9 Å². The molecule has 1 aromatic heterocycles. The second-order valence-electron chi connectivity index (χ2n) is 8.87. The Hall–Kier alpha value is -2.41. The van der Waals surface area contributed by atoms with Gasteiger partial charge >= 0.3 is 0 Å². The van der Waals surface area contributed by atoms with Gasteiger partial charge in [0.25, 0.3) is 0 Å². The predicted molar refractivity (Wildman–Crippen MR) is 109 cm³/mol. The molecule has 160 valence electrons. The Kier molecular flexibility index (Phi) is 5.01. The summed E-state index contributed by atoms with van der Waals surface area (Å²) < 4.78 is 15.9. The van der Waals surface area contributed by atoms with Gasteiger partial charge in [-0.1, -0.05) is 17.3 Å². The molecular formula is C23H29N3O4. The van der Waals surface area contributed by atoms with E-state index in [4.69, 9.17) is 14.0 Å². The van der Waals surface area contributed by atoms with E-state index in [9.17, 15) is 4.79 Å². The lowest BCUT2D eigenvalue weighted by Gasteiger charge is -2.40. The van der Waals surface area contributed by atoms with Crippen molar-refractivity contribution in [2.45, 2.75) is 68.4 Å². The molecule has 7 nitrogen and oxygen atoms in total. The smallest absolute Gasteiger partial charge is 0.233 e. The molecule has 1 aromatic carbocycles. The Balaban J connectivity index is 1.30. The molecule has 1 saturated carbocycles. The highest BCUT2D eigenvalue weighted by atomic mass is 16.5. The maximum atomic E-state index is 13.7. The lowest BCUT2D eigenvalue weighted by atomic mass is 9.87. The van der Waals surface area contributed by atoms with Gasteiger partial charge in [-0.15, -0.1) is 0 Å². The summed E-state index contributed by atoms with van der Waals surface area (Å²) in [5.74, 6) is 2.80. The molecule has 3 fully saturated rings. The molecule has 7 heteroatoms. The lowest BCUT2D eigenvalue weighted by molar-refractivity contribution is -0.138. The number of nitrogens with zero attached hydrogens (tertiary/aromatic N) is 3. The van der Waals surface area contributed by atoms with E-state index in [0.717, 1.165) is 55.7 Å². The molecule has 1 unspecified atom stereocenters. The number of hydrogen-bond donors (Lipinski definition) is 0. The number of aromatic nitrogens is 2. The zero-order valence-corrected chi connectivity index (χ0v) is 17.7. The van der Waals surface area contributed by atoms with E-state index in [-0.39, 0.29) is 23.4 Å². The summed E-state index contributed by atoms with van der Waals surface area (Å²) in [7, 11) is 3.34. The van der Waals surface area contributed by atoms with E-state index >= 15 is 0 Å². The average molecular weight is 412 g/mol. The molecule has 2 saturated heterocycles. The molecule has 0 radical (unpaired) electrons. The highest BCUT2D eigenvalue weighted by Gasteiger charge is 2.57. The first-order valence-corrected chi connectivity index (χ1v) is 10.9. The molecule has 0 N–H and O–H groups in total. The van der Waals surface area contributed by atoms with Crippen molar-refractivity contribution in [3.05, 3.63) is 41.5 Å². The molecule has 0 spiro atoms. The fourth-order valence-corrected chi connectivity index (χ4v) is 5.35. The van der Waals surface area contributed by atoms with Crippen LogP contribution in [0, 0.1) is 0 Å². The molecule has 3 aliphatic rings. The minimum atomic E-state index is -0.336. The molecule has 3 atom stereocenters. The number of carbonyl (C=O) groups is 1. The maximum Gasteiger partial charge on any atom is 0.233 e. The molecule has 2 bridgehead atoms. The van der Waals surface area contributed by atoms with E-state index in [0.29, 0.717) is 24.8 Å². The van der Waals surface area contributed by atoms with Crippen LogP contribution < -0.4 is 4.74 Å². The largest absolute Gasteiger partial charge is 0.497 e. The Morgan fingerprint density at radius 2 is 1.87 bits per heavy atom. The molecule has 1 aliphatic carbocycles. The Morgan fingerprint density at radius 3 is 2.47 bits per heavy atom. The van der Waals surface area contributed by atoms with Gasteiger partial charge in [0.2, 0.25) is 11.8 Å². The normalized spacial score (nSPS) is 26.6. The molecule has 2 aromatic rings. The van der Waals surface area contributed by atoms with E-state index in [1.54, 1.807) is 14.2 Å².